The van der Waals surface area contributed by atoms with Crippen molar-refractivity contribution in [3.05, 3.63) is 144 Å². The van der Waals surface area contributed by atoms with E-state index in [4.69, 9.17) is 4.74 Å². The van der Waals surface area contributed by atoms with E-state index in [0.717, 1.165) is 22.9 Å². The Labute approximate surface area is 224 Å². The number of rotatable bonds is 3. The minimum Gasteiger partial charge on any atom is -0.403 e. The van der Waals surface area contributed by atoms with E-state index in [1.807, 2.05) is 0 Å². The Bertz CT molecular complexity index is 1610. The van der Waals surface area contributed by atoms with Gasteiger partial charge in [-0.1, -0.05) is 84.9 Å². The molecule has 7 rings (SSSR count). The van der Waals surface area contributed by atoms with Crippen LogP contribution in [0.3, 0.4) is 0 Å². The number of fused-ring (bicyclic) bond motifs is 3. The highest BCUT2D eigenvalue weighted by atomic mass is 16.5. The largest absolute Gasteiger partial charge is 0.403 e. The van der Waals surface area contributed by atoms with Crippen molar-refractivity contribution < 1.29 is 9.30 Å². The van der Waals surface area contributed by atoms with Crippen molar-refractivity contribution >= 4 is 17.1 Å². The van der Waals surface area contributed by atoms with E-state index in [2.05, 4.69) is 157 Å². The summed E-state index contributed by atoms with van der Waals surface area (Å²) in [5, 5.41) is 0. The number of ether oxygens (including phenoxy) is 1. The fraction of sp³-hybridized carbons (Fsp3) is 0.147. The second-order valence-electron chi connectivity index (χ2n) is 10.2. The van der Waals surface area contributed by atoms with Gasteiger partial charge in [-0.2, -0.15) is 0 Å². The molecule has 0 aliphatic carbocycles. The third kappa shape index (κ3) is 3.00. The molecule has 4 heteroatoms. The predicted octanol–water partition coefficient (Wildman–Crippen LogP) is 7.16. The van der Waals surface area contributed by atoms with Crippen molar-refractivity contribution in [2.75, 3.05) is 16.8 Å². The summed E-state index contributed by atoms with van der Waals surface area (Å²) in [6, 6.07) is 40.9. The van der Waals surface area contributed by atoms with Gasteiger partial charge in [-0.3, -0.25) is 0 Å². The normalized spacial score (nSPS) is 16.9. The highest BCUT2D eigenvalue weighted by Crippen LogP contribution is 2.52. The van der Waals surface area contributed by atoms with Crippen molar-refractivity contribution in [3.8, 4) is 11.6 Å². The van der Waals surface area contributed by atoms with Gasteiger partial charge in [0.15, 0.2) is 11.9 Å². The van der Waals surface area contributed by atoms with Crippen LogP contribution >= 0.6 is 0 Å². The molecule has 0 spiro atoms. The molecule has 4 nitrogen and oxygen atoms in total. The van der Waals surface area contributed by atoms with Crippen molar-refractivity contribution in [1.82, 2.24) is 0 Å². The Morgan fingerprint density at radius 3 is 1.97 bits per heavy atom. The van der Waals surface area contributed by atoms with E-state index in [9.17, 15) is 0 Å². The number of nitrogens with zero attached hydrogens (tertiary/aromatic N) is 3. The van der Waals surface area contributed by atoms with E-state index >= 15 is 0 Å². The van der Waals surface area contributed by atoms with Crippen molar-refractivity contribution in [1.29, 1.82) is 0 Å². The van der Waals surface area contributed by atoms with Gasteiger partial charge in [0.1, 0.15) is 11.9 Å². The monoisotopic (exact) mass is 496 g/mol. The zero-order valence-electron chi connectivity index (χ0n) is 21.9. The standard InChI is InChI=1S/C34H30N3O/c1-24-22-23-36-33(32(24)37-25(2)35(3)29-19-11-12-20-30(29)37)38-31-21-13-10-18-28(31)34(36,26-14-6-4-7-15-26)27-16-8-5-9-17-27/h4-23,25H,1-3H3/q+1/t25-/m0/s1. The van der Waals surface area contributed by atoms with Crippen LogP contribution in [0.2, 0.25) is 0 Å². The fourth-order valence-corrected chi connectivity index (χ4v) is 6.32. The Morgan fingerprint density at radius 1 is 0.711 bits per heavy atom. The maximum absolute atomic E-state index is 6.90. The first-order valence-corrected chi connectivity index (χ1v) is 13.2. The minimum atomic E-state index is -0.608. The van der Waals surface area contributed by atoms with Crippen LogP contribution in [0.15, 0.2) is 121 Å². The lowest BCUT2D eigenvalue weighted by Gasteiger charge is -2.37. The lowest BCUT2D eigenvalue weighted by Crippen LogP contribution is -2.61. The smallest absolute Gasteiger partial charge is 0.399 e. The Balaban J connectivity index is 1.60. The molecule has 0 saturated carbocycles. The molecule has 1 atom stereocenters. The Hall–Kier alpha value is -4.57. The van der Waals surface area contributed by atoms with Gasteiger partial charge in [0.25, 0.3) is 5.54 Å². The van der Waals surface area contributed by atoms with Crippen molar-refractivity contribution in [2.24, 2.45) is 0 Å². The molecule has 3 heterocycles. The summed E-state index contributed by atoms with van der Waals surface area (Å²) < 4.78 is 9.24. The first kappa shape index (κ1) is 22.6. The third-order valence-corrected chi connectivity index (χ3v) is 8.19. The fourth-order valence-electron chi connectivity index (χ4n) is 6.32. The number of para-hydroxylation sites is 3. The average molecular weight is 497 g/mol. The van der Waals surface area contributed by atoms with Gasteiger partial charge >= 0.3 is 5.88 Å². The first-order chi connectivity index (χ1) is 18.6. The summed E-state index contributed by atoms with van der Waals surface area (Å²) in [7, 11) is 2.16. The van der Waals surface area contributed by atoms with E-state index in [-0.39, 0.29) is 6.17 Å². The molecule has 0 radical (unpaired) electrons. The summed E-state index contributed by atoms with van der Waals surface area (Å²) >= 11 is 0. The van der Waals surface area contributed by atoms with Gasteiger partial charge in [0.2, 0.25) is 0 Å². The molecule has 38 heavy (non-hydrogen) atoms. The molecule has 2 aliphatic rings. The summed E-state index contributed by atoms with van der Waals surface area (Å²) in [4.78, 5) is 4.75. The second-order valence-corrected chi connectivity index (χ2v) is 10.2. The lowest BCUT2D eigenvalue weighted by atomic mass is 9.75. The number of pyridine rings is 1. The zero-order chi connectivity index (χ0) is 25.9. The van der Waals surface area contributed by atoms with Gasteiger partial charge in [-0.15, -0.1) is 4.57 Å². The van der Waals surface area contributed by atoms with E-state index < -0.39 is 5.54 Å². The number of benzene rings is 4. The second kappa shape index (κ2) is 8.49. The van der Waals surface area contributed by atoms with Crippen LogP contribution in [0.4, 0.5) is 17.1 Å². The highest BCUT2D eigenvalue weighted by molar-refractivity contribution is 5.85. The minimum absolute atomic E-state index is 0.127. The molecule has 0 unspecified atom stereocenters. The molecule has 4 aromatic carbocycles. The number of aromatic nitrogens is 1. The van der Waals surface area contributed by atoms with Crippen LogP contribution in [-0.4, -0.2) is 13.2 Å². The van der Waals surface area contributed by atoms with Crippen LogP contribution < -0.4 is 19.1 Å². The first-order valence-electron chi connectivity index (χ1n) is 13.2. The van der Waals surface area contributed by atoms with Crippen LogP contribution in [0.5, 0.6) is 11.6 Å². The maximum Gasteiger partial charge on any atom is 0.399 e. The van der Waals surface area contributed by atoms with Gasteiger partial charge in [-0.05, 0) is 43.7 Å². The summed E-state index contributed by atoms with van der Waals surface area (Å²) in [6.07, 6.45) is 2.32. The lowest BCUT2D eigenvalue weighted by molar-refractivity contribution is -0.740. The maximum atomic E-state index is 6.90. The van der Waals surface area contributed by atoms with Gasteiger partial charge in [0.05, 0.1) is 16.9 Å². The van der Waals surface area contributed by atoms with Crippen LogP contribution in [0.1, 0.15) is 29.2 Å². The summed E-state index contributed by atoms with van der Waals surface area (Å²) in [6.45, 7) is 4.43. The quantitative estimate of drug-likeness (QED) is 0.242. The molecule has 186 valence electrons. The van der Waals surface area contributed by atoms with E-state index in [0.29, 0.717) is 0 Å². The molecule has 1 aromatic heterocycles. The molecule has 0 fully saturated rings. The van der Waals surface area contributed by atoms with E-state index in [1.165, 1.54) is 28.1 Å². The SMILES string of the molecule is Cc1cc[n+]2c(c1N1c3ccccc3N(C)[C@@H]1C)Oc1ccccc1C2(c1ccccc1)c1ccccc1. The topological polar surface area (TPSA) is 19.6 Å². The Morgan fingerprint density at radius 2 is 1.29 bits per heavy atom. The number of anilines is 3. The predicted molar refractivity (Wildman–Crippen MR) is 152 cm³/mol. The summed E-state index contributed by atoms with van der Waals surface area (Å²) in [5.74, 6) is 1.72. The van der Waals surface area contributed by atoms with Crippen LogP contribution in [0.25, 0.3) is 0 Å². The molecule has 0 saturated heterocycles. The van der Waals surface area contributed by atoms with Crippen molar-refractivity contribution in [2.45, 2.75) is 25.6 Å². The summed E-state index contributed by atoms with van der Waals surface area (Å²) in [5.41, 5.74) is 7.55. The van der Waals surface area contributed by atoms with Crippen molar-refractivity contribution in [3.63, 3.8) is 0 Å². The number of hydrogen-bond acceptors (Lipinski definition) is 3. The molecule has 5 aromatic rings. The van der Waals surface area contributed by atoms with E-state index in [1.54, 1.807) is 0 Å². The molecular weight excluding hydrogens is 466 g/mol. The Kier molecular flexibility index (Phi) is 5.05. The highest BCUT2D eigenvalue weighted by Gasteiger charge is 2.54. The van der Waals surface area contributed by atoms with Gasteiger partial charge in [-0.25, -0.2) is 0 Å². The van der Waals surface area contributed by atoms with Gasteiger partial charge < -0.3 is 14.5 Å². The molecule has 0 amide bonds. The average Bonchev–Trinajstić information content (AvgIpc) is 3.22. The van der Waals surface area contributed by atoms with Crippen LogP contribution in [0, 0.1) is 6.92 Å². The van der Waals surface area contributed by atoms with Gasteiger partial charge in [0, 0.05) is 24.2 Å². The van der Waals surface area contributed by atoms with Crippen LogP contribution in [-0.2, 0) is 5.54 Å². The molecular formula is C34H30N3O+. The molecule has 2 aliphatic heterocycles. The number of aryl methyl sites for hydroxylation is 1. The third-order valence-electron chi connectivity index (χ3n) is 8.19. The molecule has 0 N–H and O–H groups in total. The number of hydrogen-bond donors (Lipinski definition) is 0. The zero-order valence-corrected chi connectivity index (χ0v) is 21.9. The molecule has 0 bridgehead atoms.